The van der Waals surface area contributed by atoms with Gasteiger partial charge in [0.2, 0.25) is 0 Å². The lowest BCUT2D eigenvalue weighted by atomic mass is 9.89. The van der Waals surface area contributed by atoms with Crippen LogP contribution in [0, 0.1) is 11.8 Å². The highest BCUT2D eigenvalue weighted by molar-refractivity contribution is 6.73. The summed E-state index contributed by atoms with van der Waals surface area (Å²) in [6, 6.07) is 0. The van der Waals surface area contributed by atoms with Gasteiger partial charge in [0.05, 0.1) is 12.2 Å². The first-order valence-electron chi connectivity index (χ1n) is 8.22. The summed E-state index contributed by atoms with van der Waals surface area (Å²) < 4.78 is 13.4. The summed E-state index contributed by atoms with van der Waals surface area (Å²) in [6.07, 6.45) is 2.14. The van der Waals surface area contributed by atoms with E-state index in [9.17, 15) is 4.79 Å². The van der Waals surface area contributed by atoms with Crippen LogP contribution in [0.25, 0.3) is 0 Å². The molecule has 0 N–H and O–H groups in total. The maximum absolute atomic E-state index is 11.3. The van der Waals surface area contributed by atoms with Crippen molar-refractivity contribution in [3.05, 3.63) is 0 Å². The third kappa shape index (κ3) is 3.27. The number of carbonyl (C=O) groups is 1. The van der Waals surface area contributed by atoms with Crippen molar-refractivity contribution in [1.29, 1.82) is 0 Å². The zero-order valence-electron chi connectivity index (χ0n) is 15.3. The SMILES string of the molecule is CC[C@H]1O[Si](C(C)(C)C)(C(C)(C)C)O[C@H]([C@H](C)C=O)[C@H]1C. The molecule has 1 fully saturated rings. The highest BCUT2D eigenvalue weighted by Crippen LogP contribution is 2.56. The molecule has 0 amide bonds. The second-order valence-electron chi connectivity index (χ2n) is 8.62. The lowest BCUT2D eigenvalue weighted by Crippen LogP contribution is -2.66. The van der Waals surface area contributed by atoms with Gasteiger partial charge in [-0.15, -0.1) is 0 Å². The topological polar surface area (TPSA) is 35.5 Å². The number of aldehydes is 1. The van der Waals surface area contributed by atoms with E-state index in [0.29, 0.717) is 0 Å². The highest BCUT2D eigenvalue weighted by atomic mass is 28.4. The van der Waals surface area contributed by atoms with E-state index in [1.54, 1.807) is 0 Å². The molecule has 1 heterocycles. The Morgan fingerprint density at radius 1 is 1.10 bits per heavy atom. The summed E-state index contributed by atoms with van der Waals surface area (Å²) in [4.78, 5) is 11.3. The monoisotopic (exact) mass is 314 g/mol. The molecule has 3 nitrogen and oxygen atoms in total. The second kappa shape index (κ2) is 6.13. The highest BCUT2D eigenvalue weighted by Gasteiger charge is 2.63. The molecule has 0 aromatic carbocycles. The number of hydrogen-bond acceptors (Lipinski definition) is 3. The van der Waals surface area contributed by atoms with Gasteiger partial charge in [0.15, 0.2) is 0 Å². The van der Waals surface area contributed by atoms with Gasteiger partial charge in [-0.25, -0.2) is 0 Å². The Kier molecular flexibility index (Phi) is 5.50. The predicted molar refractivity (Wildman–Crippen MR) is 89.6 cm³/mol. The zero-order valence-corrected chi connectivity index (χ0v) is 16.3. The summed E-state index contributed by atoms with van der Waals surface area (Å²) in [5.41, 5.74) is 0. The summed E-state index contributed by atoms with van der Waals surface area (Å²) in [6.45, 7) is 19.6. The van der Waals surface area contributed by atoms with Crippen molar-refractivity contribution < 1.29 is 13.6 Å². The standard InChI is InChI=1S/C17H34O3Si/c1-10-14-13(3)15(12(2)11-18)20-21(19-14,16(4,5)6)17(7,8)9/h11-15H,10H2,1-9H3/t12-,13+,14-,15-/m1/s1. The lowest BCUT2D eigenvalue weighted by Gasteiger charge is -2.57. The largest absolute Gasteiger partial charge is 0.390 e. The van der Waals surface area contributed by atoms with Crippen LogP contribution in [0.3, 0.4) is 0 Å². The minimum absolute atomic E-state index is 0.0358. The van der Waals surface area contributed by atoms with Crippen LogP contribution in [0.15, 0.2) is 0 Å². The average Bonchev–Trinajstić information content (AvgIpc) is 2.35. The Balaban J connectivity index is 3.35. The Labute approximate surface area is 132 Å². The Bertz CT molecular complexity index is 353. The molecule has 1 aliphatic heterocycles. The van der Waals surface area contributed by atoms with E-state index in [1.165, 1.54) is 0 Å². The smallest absolute Gasteiger partial charge is 0.349 e. The van der Waals surface area contributed by atoms with Crippen molar-refractivity contribution in [3.8, 4) is 0 Å². The minimum atomic E-state index is -2.51. The third-order valence-electron chi connectivity index (χ3n) is 4.83. The van der Waals surface area contributed by atoms with Gasteiger partial charge < -0.3 is 13.6 Å². The van der Waals surface area contributed by atoms with Gasteiger partial charge in [0.25, 0.3) is 0 Å². The number of rotatable bonds is 3. The van der Waals surface area contributed by atoms with E-state index in [2.05, 4.69) is 55.4 Å². The Morgan fingerprint density at radius 2 is 1.57 bits per heavy atom. The molecule has 4 heteroatoms. The van der Waals surface area contributed by atoms with Crippen molar-refractivity contribution in [3.63, 3.8) is 0 Å². The van der Waals surface area contributed by atoms with Crippen LogP contribution in [0.5, 0.6) is 0 Å². The molecule has 0 aromatic heterocycles. The Morgan fingerprint density at radius 3 is 1.90 bits per heavy atom. The van der Waals surface area contributed by atoms with Crippen molar-refractivity contribution in [2.24, 2.45) is 11.8 Å². The first kappa shape index (κ1) is 18.9. The van der Waals surface area contributed by atoms with Gasteiger partial charge in [-0.2, -0.15) is 0 Å². The molecule has 0 spiro atoms. The summed E-state index contributed by atoms with van der Waals surface area (Å²) in [5, 5.41) is -0.0840. The molecular weight excluding hydrogens is 280 g/mol. The molecule has 0 aromatic rings. The molecule has 0 unspecified atom stereocenters. The van der Waals surface area contributed by atoms with Crippen LogP contribution in [0.4, 0.5) is 0 Å². The van der Waals surface area contributed by atoms with Crippen LogP contribution in [-0.2, 0) is 13.6 Å². The van der Waals surface area contributed by atoms with Crippen LogP contribution < -0.4 is 0 Å². The molecule has 21 heavy (non-hydrogen) atoms. The fourth-order valence-electron chi connectivity index (χ4n) is 3.81. The molecule has 1 aliphatic rings. The van der Waals surface area contributed by atoms with Crippen molar-refractivity contribution in [2.75, 3.05) is 0 Å². The van der Waals surface area contributed by atoms with E-state index < -0.39 is 8.56 Å². The van der Waals surface area contributed by atoms with Gasteiger partial charge in [0.1, 0.15) is 6.29 Å². The Hall–Kier alpha value is -0.193. The van der Waals surface area contributed by atoms with Crippen LogP contribution in [0.1, 0.15) is 68.7 Å². The van der Waals surface area contributed by atoms with Gasteiger partial charge >= 0.3 is 8.56 Å². The van der Waals surface area contributed by atoms with Gasteiger partial charge in [-0.3, -0.25) is 0 Å². The fourth-order valence-corrected chi connectivity index (χ4v) is 9.15. The third-order valence-corrected chi connectivity index (χ3v) is 10.0. The zero-order chi connectivity index (χ0) is 16.6. The lowest BCUT2D eigenvalue weighted by molar-refractivity contribution is -0.122. The molecule has 124 valence electrons. The predicted octanol–water partition coefficient (Wildman–Crippen LogP) is 4.69. The molecule has 0 radical (unpaired) electrons. The molecule has 1 rings (SSSR count). The van der Waals surface area contributed by atoms with E-state index in [4.69, 9.17) is 8.85 Å². The number of hydrogen-bond donors (Lipinski definition) is 0. The summed E-state index contributed by atoms with van der Waals surface area (Å²) in [7, 11) is -2.51. The molecule has 4 atom stereocenters. The van der Waals surface area contributed by atoms with E-state index in [0.717, 1.165) is 12.7 Å². The fraction of sp³-hybridized carbons (Fsp3) is 0.941. The molecule has 0 saturated carbocycles. The maximum atomic E-state index is 11.3. The van der Waals surface area contributed by atoms with Crippen molar-refractivity contribution >= 4 is 14.8 Å². The average molecular weight is 315 g/mol. The van der Waals surface area contributed by atoms with Gasteiger partial charge in [0, 0.05) is 21.9 Å². The molecule has 0 aliphatic carbocycles. The quantitative estimate of drug-likeness (QED) is 0.560. The first-order valence-corrected chi connectivity index (χ1v) is 10.0. The van der Waals surface area contributed by atoms with Crippen LogP contribution >= 0.6 is 0 Å². The molecule has 1 saturated heterocycles. The minimum Gasteiger partial charge on any atom is -0.390 e. The van der Waals surface area contributed by atoms with Gasteiger partial charge in [-0.05, 0) is 6.42 Å². The van der Waals surface area contributed by atoms with Gasteiger partial charge in [-0.1, -0.05) is 62.3 Å². The molecule has 0 bridgehead atoms. The summed E-state index contributed by atoms with van der Waals surface area (Å²) >= 11 is 0. The maximum Gasteiger partial charge on any atom is 0.349 e. The molecular formula is C17H34O3Si. The number of carbonyl (C=O) groups excluding carboxylic acids is 1. The van der Waals surface area contributed by atoms with Crippen molar-refractivity contribution in [1.82, 2.24) is 0 Å². The van der Waals surface area contributed by atoms with E-state index in [1.807, 2.05) is 6.92 Å². The van der Waals surface area contributed by atoms with E-state index in [-0.39, 0.29) is 34.1 Å². The first-order chi connectivity index (χ1) is 9.41. The second-order valence-corrected chi connectivity index (χ2v) is 13.3. The van der Waals surface area contributed by atoms with Crippen LogP contribution in [0.2, 0.25) is 10.1 Å². The normalized spacial score (nSPS) is 31.8. The van der Waals surface area contributed by atoms with Crippen LogP contribution in [-0.4, -0.2) is 27.1 Å². The van der Waals surface area contributed by atoms with Crippen molar-refractivity contribution in [2.45, 2.75) is 91.0 Å². The summed E-state index contributed by atoms with van der Waals surface area (Å²) in [5.74, 6) is 0.162. The van der Waals surface area contributed by atoms with E-state index >= 15 is 0 Å².